The topological polar surface area (TPSA) is 33.0 Å². The van der Waals surface area contributed by atoms with E-state index in [1.807, 2.05) is 78.9 Å². The summed E-state index contributed by atoms with van der Waals surface area (Å²) in [7, 11) is 0. The van der Waals surface area contributed by atoms with Crippen molar-refractivity contribution in [3.05, 3.63) is 111 Å². The molecule has 2 nitrogen and oxygen atoms in total. The molecule has 4 aromatic carbocycles. The Balaban J connectivity index is 1.62. The minimum Gasteiger partial charge on any atom is -0.487 e. The second-order valence-electron chi connectivity index (χ2n) is 6.82. The van der Waals surface area contributed by atoms with Crippen molar-refractivity contribution in [1.29, 1.82) is 5.26 Å². The number of hydrogen-bond donors (Lipinski definition) is 0. The Morgan fingerprint density at radius 3 is 2.20 bits per heavy atom. The molecule has 0 saturated heterocycles. The normalized spacial score (nSPS) is 11.3. The number of ether oxygens (including phenoxy) is 1. The van der Waals surface area contributed by atoms with Crippen LogP contribution in [0.2, 0.25) is 0 Å². The Morgan fingerprint density at radius 2 is 1.50 bits per heavy atom. The van der Waals surface area contributed by atoms with Gasteiger partial charge in [0.1, 0.15) is 12.4 Å². The van der Waals surface area contributed by atoms with Gasteiger partial charge < -0.3 is 4.74 Å². The van der Waals surface area contributed by atoms with E-state index in [0.717, 1.165) is 42.2 Å². The highest BCUT2D eigenvalue weighted by atomic mass is 79.9. The van der Waals surface area contributed by atoms with E-state index >= 15 is 0 Å². The summed E-state index contributed by atoms with van der Waals surface area (Å²) in [5.41, 5.74) is 3.51. The van der Waals surface area contributed by atoms with Crippen LogP contribution in [0.15, 0.2) is 93.9 Å². The van der Waals surface area contributed by atoms with Crippen molar-refractivity contribution in [2.24, 2.45) is 0 Å². The number of nitrogens with zero attached hydrogens (tertiary/aromatic N) is 1. The zero-order valence-corrected chi connectivity index (χ0v) is 19.2. The van der Waals surface area contributed by atoms with E-state index in [1.165, 1.54) is 0 Å². The molecule has 0 atom stereocenters. The molecule has 0 aromatic heterocycles. The van der Waals surface area contributed by atoms with Gasteiger partial charge in [-0.15, -0.1) is 0 Å². The molecule has 0 bridgehead atoms. The van der Waals surface area contributed by atoms with E-state index in [9.17, 15) is 5.26 Å². The van der Waals surface area contributed by atoms with Crippen LogP contribution < -0.4 is 4.74 Å². The summed E-state index contributed by atoms with van der Waals surface area (Å²) in [5, 5.41) is 12.0. The Labute approximate surface area is 192 Å². The second kappa shape index (κ2) is 9.30. The highest BCUT2D eigenvalue weighted by molar-refractivity contribution is 9.11. The molecule has 0 unspecified atom stereocenters. The van der Waals surface area contributed by atoms with Gasteiger partial charge in [-0.3, -0.25) is 0 Å². The SMILES string of the molecule is N#C/C(=C/c1cc(Br)c(OCc2ccccc2)c(Br)c1)c1ccc2ccccc2c1. The van der Waals surface area contributed by atoms with Crippen molar-refractivity contribution in [3.63, 3.8) is 0 Å². The van der Waals surface area contributed by atoms with Gasteiger partial charge >= 0.3 is 0 Å². The summed E-state index contributed by atoms with van der Waals surface area (Å²) in [4.78, 5) is 0. The molecule has 4 rings (SSSR count). The van der Waals surface area contributed by atoms with Crippen LogP contribution in [0.5, 0.6) is 5.75 Å². The molecule has 0 N–H and O–H groups in total. The lowest BCUT2D eigenvalue weighted by atomic mass is 10.0. The predicted molar refractivity (Wildman–Crippen MR) is 130 cm³/mol. The Kier molecular flexibility index (Phi) is 6.32. The van der Waals surface area contributed by atoms with Gasteiger partial charge in [-0.05, 0) is 83.6 Å². The molecule has 0 aliphatic rings. The molecule has 0 saturated carbocycles. The molecule has 4 heteroatoms. The smallest absolute Gasteiger partial charge is 0.148 e. The van der Waals surface area contributed by atoms with Gasteiger partial charge in [0.05, 0.1) is 20.6 Å². The standard InChI is InChI=1S/C26H17Br2NO/c27-24-13-19(14-25(28)26(24)30-17-18-6-2-1-3-7-18)12-23(16-29)22-11-10-20-8-4-5-9-21(20)15-22/h1-15H,17H2/b23-12-. The third-order valence-corrected chi connectivity index (χ3v) is 5.92. The van der Waals surface area contributed by atoms with Crippen molar-refractivity contribution in [2.75, 3.05) is 0 Å². The van der Waals surface area contributed by atoms with Gasteiger partial charge in [-0.25, -0.2) is 0 Å². The molecular formula is C26H17Br2NO. The van der Waals surface area contributed by atoms with Crippen LogP contribution in [-0.4, -0.2) is 0 Å². The van der Waals surface area contributed by atoms with Crippen LogP contribution in [0.4, 0.5) is 0 Å². The number of allylic oxidation sites excluding steroid dienone is 1. The number of hydrogen-bond acceptors (Lipinski definition) is 2. The zero-order valence-electron chi connectivity index (χ0n) is 16.0. The predicted octanol–water partition coefficient (Wildman–Crippen LogP) is 8.01. The molecule has 0 radical (unpaired) electrons. The van der Waals surface area contributed by atoms with Crippen LogP contribution in [0, 0.1) is 11.3 Å². The van der Waals surface area contributed by atoms with Crippen LogP contribution >= 0.6 is 31.9 Å². The van der Waals surface area contributed by atoms with Gasteiger partial charge in [0.15, 0.2) is 0 Å². The van der Waals surface area contributed by atoms with E-state index < -0.39 is 0 Å². The molecule has 0 aliphatic carbocycles. The fraction of sp³-hybridized carbons (Fsp3) is 0.0385. The number of rotatable bonds is 5. The molecule has 146 valence electrons. The Hall–Kier alpha value is -2.87. The van der Waals surface area contributed by atoms with E-state index in [-0.39, 0.29) is 0 Å². The third-order valence-electron chi connectivity index (χ3n) is 4.74. The van der Waals surface area contributed by atoms with Crippen LogP contribution in [0.25, 0.3) is 22.4 Å². The number of benzene rings is 4. The average Bonchev–Trinajstić information content (AvgIpc) is 2.77. The van der Waals surface area contributed by atoms with E-state index in [2.05, 4.69) is 50.1 Å². The number of halogens is 2. The second-order valence-corrected chi connectivity index (χ2v) is 8.53. The van der Waals surface area contributed by atoms with Gasteiger partial charge in [0.25, 0.3) is 0 Å². The first-order chi connectivity index (χ1) is 14.6. The molecule has 4 aromatic rings. The van der Waals surface area contributed by atoms with Crippen LogP contribution in [0.3, 0.4) is 0 Å². The fourth-order valence-corrected chi connectivity index (χ4v) is 4.68. The number of nitriles is 1. The third kappa shape index (κ3) is 4.64. The summed E-state index contributed by atoms with van der Waals surface area (Å²) < 4.78 is 7.65. The highest BCUT2D eigenvalue weighted by Gasteiger charge is 2.10. The maximum absolute atomic E-state index is 9.75. The Bertz CT molecular complexity index is 1250. The largest absolute Gasteiger partial charge is 0.487 e. The first-order valence-corrected chi connectivity index (χ1v) is 11.0. The van der Waals surface area contributed by atoms with Gasteiger partial charge in [-0.2, -0.15) is 5.26 Å². The van der Waals surface area contributed by atoms with Crippen molar-refractivity contribution in [2.45, 2.75) is 6.61 Å². The molecule has 0 aliphatic heterocycles. The van der Waals surface area contributed by atoms with E-state index in [4.69, 9.17) is 4.74 Å². The van der Waals surface area contributed by atoms with E-state index in [0.29, 0.717) is 12.2 Å². The summed E-state index contributed by atoms with van der Waals surface area (Å²) in [6, 6.07) is 30.5. The summed E-state index contributed by atoms with van der Waals surface area (Å²) in [6.45, 7) is 0.480. The lowest BCUT2D eigenvalue weighted by Gasteiger charge is -2.12. The number of fused-ring (bicyclic) bond motifs is 1. The van der Waals surface area contributed by atoms with Crippen molar-refractivity contribution < 1.29 is 4.74 Å². The first-order valence-electron chi connectivity index (χ1n) is 9.41. The Morgan fingerprint density at radius 1 is 0.833 bits per heavy atom. The molecule has 0 spiro atoms. The quantitative estimate of drug-likeness (QED) is 0.198. The van der Waals surface area contributed by atoms with Crippen LogP contribution in [0.1, 0.15) is 16.7 Å². The first kappa shape index (κ1) is 20.4. The molecule has 30 heavy (non-hydrogen) atoms. The molecule has 0 fully saturated rings. The average molecular weight is 519 g/mol. The van der Waals surface area contributed by atoms with Gasteiger partial charge in [0, 0.05) is 0 Å². The lowest BCUT2D eigenvalue weighted by molar-refractivity contribution is 0.302. The minimum absolute atomic E-state index is 0.480. The minimum atomic E-state index is 0.480. The van der Waals surface area contributed by atoms with Crippen molar-refractivity contribution >= 4 is 54.3 Å². The van der Waals surface area contributed by atoms with Crippen LogP contribution in [-0.2, 0) is 6.61 Å². The fourth-order valence-electron chi connectivity index (χ4n) is 3.23. The zero-order chi connectivity index (χ0) is 20.9. The maximum Gasteiger partial charge on any atom is 0.148 e. The summed E-state index contributed by atoms with van der Waals surface area (Å²) in [6.07, 6.45) is 1.89. The lowest BCUT2D eigenvalue weighted by Crippen LogP contribution is -1.97. The van der Waals surface area contributed by atoms with Crippen molar-refractivity contribution in [1.82, 2.24) is 0 Å². The summed E-state index contributed by atoms with van der Waals surface area (Å²) in [5.74, 6) is 0.736. The van der Waals surface area contributed by atoms with Crippen molar-refractivity contribution in [3.8, 4) is 11.8 Å². The van der Waals surface area contributed by atoms with E-state index in [1.54, 1.807) is 0 Å². The van der Waals surface area contributed by atoms with Gasteiger partial charge in [0.2, 0.25) is 0 Å². The van der Waals surface area contributed by atoms with Gasteiger partial charge in [-0.1, -0.05) is 66.7 Å². The highest BCUT2D eigenvalue weighted by Crippen LogP contribution is 2.36. The molecular weight excluding hydrogens is 502 g/mol. The monoisotopic (exact) mass is 517 g/mol. The molecule has 0 heterocycles. The summed E-state index contributed by atoms with van der Waals surface area (Å²) >= 11 is 7.21. The molecule has 0 amide bonds. The maximum atomic E-state index is 9.75.